The number of carbonyl (C=O) groups excluding carboxylic acids is 2. The van der Waals surface area contributed by atoms with E-state index in [9.17, 15) is 14.0 Å². The number of Topliss-reactive ketones (excluding diaryl/α,β-unsaturated/α-hetero) is 1. The van der Waals surface area contributed by atoms with Gasteiger partial charge in [0.05, 0.1) is 11.6 Å². The van der Waals surface area contributed by atoms with Crippen LogP contribution in [-0.4, -0.2) is 41.1 Å². The number of fused-ring (bicyclic) bond motifs is 1. The molecule has 4 aliphatic rings. The van der Waals surface area contributed by atoms with Crippen molar-refractivity contribution in [2.24, 2.45) is 5.41 Å². The van der Waals surface area contributed by atoms with Gasteiger partial charge in [0, 0.05) is 30.2 Å². The van der Waals surface area contributed by atoms with Crippen LogP contribution in [0.4, 0.5) is 4.39 Å². The second-order valence-electron chi connectivity index (χ2n) is 9.37. The van der Waals surface area contributed by atoms with Crippen LogP contribution in [0, 0.1) is 12.3 Å². The van der Waals surface area contributed by atoms with Crippen LogP contribution in [0.15, 0.2) is 30.3 Å². The number of aromatic nitrogens is 1. The Balaban J connectivity index is 1.12. The molecule has 0 saturated heterocycles. The molecule has 1 aromatic heterocycles. The van der Waals surface area contributed by atoms with Crippen molar-refractivity contribution in [2.45, 2.75) is 63.3 Å². The highest BCUT2D eigenvalue weighted by atomic mass is 19.1. The average Bonchev–Trinajstić information content (AvgIpc) is 2.61. The van der Waals surface area contributed by atoms with Crippen LogP contribution in [-0.2, 0) is 9.53 Å². The Hall–Kier alpha value is -2.34. The number of hydrogen-bond acceptors (Lipinski definition) is 4. The molecule has 2 aromatic rings. The molecule has 6 heteroatoms. The highest BCUT2D eigenvalue weighted by molar-refractivity contribution is 5.95. The topological polar surface area (TPSA) is 68.3 Å². The lowest BCUT2D eigenvalue weighted by Crippen LogP contribution is -2.75. The van der Waals surface area contributed by atoms with Crippen LogP contribution in [0.5, 0.6) is 0 Å². The molecule has 0 spiro atoms. The van der Waals surface area contributed by atoms with Crippen LogP contribution in [0.3, 0.4) is 0 Å². The molecule has 6 rings (SSSR count). The summed E-state index contributed by atoms with van der Waals surface area (Å²) in [6, 6.07) is 9.67. The number of amides is 1. The highest BCUT2D eigenvalue weighted by Crippen LogP contribution is 2.69. The molecule has 1 heterocycles. The SMILES string of the molecule is Cc1ccc2nc(C(=O)NC34CC(CC(=O)COC5CC(F)C5)(C3)C4)ccc2c1. The van der Waals surface area contributed by atoms with Crippen molar-refractivity contribution in [2.75, 3.05) is 6.61 Å². The van der Waals surface area contributed by atoms with Crippen molar-refractivity contribution in [3.63, 3.8) is 0 Å². The zero-order valence-electron chi connectivity index (χ0n) is 16.5. The van der Waals surface area contributed by atoms with Crippen LogP contribution >= 0.6 is 0 Å². The van der Waals surface area contributed by atoms with Gasteiger partial charge in [0.2, 0.25) is 0 Å². The molecular formula is C23H25FN2O3. The third-order valence-corrected chi connectivity index (χ3v) is 6.69. The van der Waals surface area contributed by atoms with E-state index in [1.54, 1.807) is 6.07 Å². The van der Waals surface area contributed by atoms with Crippen molar-refractivity contribution < 1.29 is 18.7 Å². The smallest absolute Gasteiger partial charge is 0.270 e. The molecule has 1 aromatic carbocycles. The predicted octanol–water partition coefficient (Wildman–Crippen LogP) is 3.67. The minimum Gasteiger partial charge on any atom is -0.370 e. The van der Waals surface area contributed by atoms with Crippen LogP contribution < -0.4 is 5.32 Å². The van der Waals surface area contributed by atoms with Gasteiger partial charge in [0.1, 0.15) is 18.5 Å². The van der Waals surface area contributed by atoms with E-state index < -0.39 is 6.17 Å². The maximum Gasteiger partial charge on any atom is 0.270 e. The molecule has 4 saturated carbocycles. The molecule has 4 aliphatic carbocycles. The minimum absolute atomic E-state index is 0.0182. The Morgan fingerprint density at radius 2 is 1.97 bits per heavy atom. The second-order valence-corrected chi connectivity index (χ2v) is 9.37. The fraction of sp³-hybridized carbons (Fsp3) is 0.522. The Morgan fingerprint density at radius 3 is 2.69 bits per heavy atom. The van der Waals surface area contributed by atoms with E-state index in [-0.39, 0.29) is 35.4 Å². The lowest BCUT2D eigenvalue weighted by Gasteiger charge is -2.70. The van der Waals surface area contributed by atoms with Crippen molar-refractivity contribution in [3.05, 3.63) is 41.6 Å². The van der Waals surface area contributed by atoms with E-state index in [0.717, 1.165) is 35.7 Å². The molecule has 29 heavy (non-hydrogen) atoms. The first-order chi connectivity index (χ1) is 13.8. The maximum atomic E-state index is 12.8. The fourth-order valence-corrected chi connectivity index (χ4v) is 5.31. The zero-order chi connectivity index (χ0) is 20.2. The average molecular weight is 396 g/mol. The summed E-state index contributed by atoms with van der Waals surface area (Å²) in [6.07, 6.45) is 2.96. The minimum atomic E-state index is -0.766. The first-order valence-electron chi connectivity index (χ1n) is 10.3. The van der Waals surface area contributed by atoms with Gasteiger partial charge < -0.3 is 10.1 Å². The summed E-state index contributed by atoms with van der Waals surface area (Å²) in [5, 5.41) is 4.16. The molecule has 0 aliphatic heterocycles. The van der Waals surface area contributed by atoms with Gasteiger partial charge in [0.25, 0.3) is 5.91 Å². The van der Waals surface area contributed by atoms with E-state index in [1.165, 1.54) is 0 Å². The van der Waals surface area contributed by atoms with Crippen molar-refractivity contribution >= 4 is 22.6 Å². The summed E-state index contributed by atoms with van der Waals surface area (Å²) in [5.41, 5.74) is 2.24. The van der Waals surface area contributed by atoms with Gasteiger partial charge in [-0.3, -0.25) is 9.59 Å². The summed E-state index contributed by atoms with van der Waals surface area (Å²) in [7, 11) is 0. The third kappa shape index (κ3) is 3.44. The number of ether oxygens (including phenoxy) is 1. The van der Waals surface area contributed by atoms with E-state index in [1.807, 2.05) is 25.1 Å². The van der Waals surface area contributed by atoms with Gasteiger partial charge in [0.15, 0.2) is 5.78 Å². The van der Waals surface area contributed by atoms with Gasteiger partial charge in [-0.2, -0.15) is 0 Å². The maximum absolute atomic E-state index is 12.8. The first kappa shape index (κ1) is 18.7. The van der Waals surface area contributed by atoms with Crippen molar-refractivity contribution in [3.8, 4) is 0 Å². The normalized spacial score (nSPS) is 32.1. The molecule has 152 valence electrons. The number of pyridine rings is 1. The third-order valence-electron chi connectivity index (χ3n) is 6.69. The number of carbonyl (C=O) groups is 2. The Morgan fingerprint density at radius 1 is 1.21 bits per heavy atom. The number of halogens is 1. The molecule has 1 N–H and O–H groups in total. The Labute approximate surface area is 169 Å². The largest absolute Gasteiger partial charge is 0.370 e. The molecule has 1 amide bonds. The summed E-state index contributed by atoms with van der Waals surface area (Å²) in [5.74, 6) is -0.0698. The quantitative estimate of drug-likeness (QED) is 0.775. The molecule has 5 nitrogen and oxygen atoms in total. The molecule has 0 radical (unpaired) electrons. The zero-order valence-corrected chi connectivity index (χ0v) is 16.5. The number of nitrogens with zero attached hydrogens (tertiary/aromatic N) is 1. The summed E-state index contributed by atoms with van der Waals surface area (Å²) in [6.45, 7) is 2.11. The van der Waals surface area contributed by atoms with Crippen LogP contribution in [0.25, 0.3) is 10.9 Å². The molecule has 0 atom stereocenters. The predicted molar refractivity (Wildman–Crippen MR) is 106 cm³/mol. The van der Waals surface area contributed by atoms with Gasteiger partial charge in [-0.1, -0.05) is 17.7 Å². The molecular weight excluding hydrogens is 371 g/mol. The van der Waals surface area contributed by atoms with Crippen LogP contribution in [0.2, 0.25) is 0 Å². The number of aryl methyl sites for hydroxylation is 1. The molecule has 4 fully saturated rings. The number of rotatable bonds is 7. The standard InChI is InChI=1S/C23H25FN2O3/c1-14-2-4-19-15(6-14)3-5-20(25-19)21(28)26-23-11-22(12-23,13-23)9-17(27)10-29-18-7-16(24)8-18/h2-6,16,18H,7-13H2,1H3,(H,26,28). The van der Waals surface area contributed by atoms with Crippen molar-refractivity contribution in [1.82, 2.24) is 10.3 Å². The lowest BCUT2D eigenvalue weighted by molar-refractivity contribution is -0.166. The van der Waals surface area contributed by atoms with Gasteiger partial charge in [-0.05, 0) is 49.8 Å². The summed E-state index contributed by atoms with van der Waals surface area (Å²) < 4.78 is 18.3. The Bertz CT molecular complexity index is 979. The lowest BCUT2D eigenvalue weighted by atomic mass is 9.38. The number of nitrogens with one attached hydrogen (secondary N) is 1. The Kier molecular flexibility index (Phi) is 4.24. The number of benzene rings is 1. The summed E-state index contributed by atoms with van der Waals surface area (Å²) in [4.78, 5) is 29.3. The van der Waals surface area contributed by atoms with Crippen LogP contribution in [0.1, 0.15) is 54.6 Å². The van der Waals surface area contributed by atoms with E-state index in [2.05, 4.69) is 16.4 Å². The number of ketones is 1. The monoisotopic (exact) mass is 396 g/mol. The van der Waals surface area contributed by atoms with E-state index in [0.29, 0.717) is 25.0 Å². The van der Waals surface area contributed by atoms with E-state index in [4.69, 9.17) is 4.74 Å². The molecule has 2 bridgehead atoms. The summed E-state index contributed by atoms with van der Waals surface area (Å²) >= 11 is 0. The second kappa shape index (κ2) is 6.59. The van der Waals surface area contributed by atoms with E-state index >= 15 is 0 Å². The van der Waals surface area contributed by atoms with Crippen molar-refractivity contribution in [1.29, 1.82) is 0 Å². The molecule has 0 unspecified atom stereocenters. The first-order valence-corrected chi connectivity index (χ1v) is 10.3. The number of alkyl halides is 1. The van der Waals surface area contributed by atoms with Gasteiger partial charge in [-0.15, -0.1) is 0 Å². The number of hydrogen-bond donors (Lipinski definition) is 1. The van der Waals surface area contributed by atoms with Gasteiger partial charge in [-0.25, -0.2) is 9.37 Å². The van der Waals surface area contributed by atoms with Gasteiger partial charge >= 0.3 is 0 Å². The highest BCUT2D eigenvalue weighted by Gasteiger charge is 2.68. The fourth-order valence-electron chi connectivity index (χ4n) is 5.31.